The Labute approximate surface area is 156 Å². The molecule has 0 aliphatic rings. The van der Waals surface area contributed by atoms with Crippen LogP contribution in [0.4, 0.5) is 5.82 Å². The Morgan fingerprint density at radius 1 is 1.44 bits per heavy atom. The smallest absolute Gasteiger partial charge is 0.392 e. The number of phosphoric ester groups is 1. The molecule has 0 aliphatic heterocycles. The number of ether oxygens (including phenoxy) is 1. The second kappa shape index (κ2) is 9.36. The number of nitrogens with two attached hydrogens (primary N) is 1. The van der Waals surface area contributed by atoms with Crippen LogP contribution in [0.5, 0.6) is 0 Å². The number of allylic oxidation sites excluding steroid dienone is 1. The van der Waals surface area contributed by atoms with Crippen molar-refractivity contribution >= 4 is 24.8 Å². The molecule has 11 nitrogen and oxygen atoms in total. The minimum atomic E-state index is -4.15. The third-order valence-corrected chi connectivity index (χ3v) is 4.69. The number of nitrogens with zero attached hydrogens (tertiary/aromatic N) is 4. The number of nitrogen functional groups attached to an aromatic ring is 1. The van der Waals surface area contributed by atoms with Crippen molar-refractivity contribution < 1.29 is 28.3 Å². The average Bonchev–Trinajstić information content (AvgIpc) is 3.06. The molecule has 0 spiro atoms. The summed E-state index contributed by atoms with van der Waals surface area (Å²) >= 11 is 0. The third-order valence-electron chi connectivity index (χ3n) is 3.75. The lowest BCUT2D eigenvalue weighted by molar-refractivity contribution is -0.0962. The number of rotatable bonds is 11. The van der Waals surface area contributed by atoms with Crippen LogP contribution < -0.4 is 5.73 Å². The van der Waals surface area contributed by atoms with E-state index in [0.29, 0.717) is 24.0 Å². The van der Waals surface area contributed by atoms with Gasteiger partial charge in [-0.3, -0.25) is 13.6 Å². The van der Waals surface area contributed by atoms with E-state index in [-0.39, 0.29) is 19.0 Å². The average molecular weight is 401 g/mol. The number of fused-ring (bicyclic) bond motifs is 1. The molecule has 2 heterocycles. The van der Waals surface area contributed by atoms with Crippen molar-refractivity contribution in [2.24, 2.45) is 0 Å². The van der Waals surface area contributed by atoms with E-state index in [1.54, 1.807) is 0 Å². The molecule has 4 N–H and O–H groups in total. The molecule has 150 valence electrons. The van der Waals surface area contributed by atoms with Gasteiger partial charge >= 0.3 is 7.82 Å². The molecule has 0 bridgehead atoms. The summed E-state index contributed by atoms with van der Waals surface area (Å²) in [4.78, 5) is 21.6. The van der Waals surface area contributed by atoms with Gasteiger partial charge in [-0.25, -0.2) is 19.5 Å². The van der Waals surface area contributed by atoms with E-state index in [1.165, 1.54) is 17.2 Å². The van der Waals surface area contributed by atoms with Crippen molar-refractivity contribution in [2.75, 3.05) is 26.1 Å². The van der Waals surface area contributed by atoms with E-state index in [2.05, 4.69) is 26.1 Å². The Balaban J connectivity index is 2.19. The van der Waals surface area contributed by atoms with Crippen molar-refractivity contribution in [2.45, 2.75) is 32.1 Å². The first-order chi connectivity index (χ1) is 12.8. The Hall–Kier alpha value is -1.88. The monoisotopic (exact) mass is 401 g/mol. The van der Waals surface area contributed by atoms with Gasteiger partial charge in [-0.15, -0.1) is 6.58 Å². The fraction of sp³-hybridized carbons (Fsp3) is 0.533. The molecule has 2 aromatic heterocycles. The maximum atomic E-state index is 11.6. The summed E-state index contributed by atoms with van der Waals surface area (Å²) in [6.45, 7) is 5.09. The molecule has 2 aromatic rings. The number of imidazole rings is 1. The quantitative estimate of drug-likeness (QED) is 0.372. The second-order valence-electron chi connectivity index (χ2n) is 5.92. The van der Waals surface area contributed by atoms with E-state index in [0.717, 1.165) is 12.7 Å². The van der Waals surface area contributed by atoms with E-state index in [9.17, 15) is 14.6 Å². The number of phosphoric acid groups is 1. The van der Waals surface area contributed by atoms with Gasteiger partial charge < -0.3 is 20.5 Å². The molecule has 0 saturated carbocycles. The normalized spacial score (nSPS) is 16.1. The van der Waals surface area contributed by atoms with Crippen LogP contribution in [0.1, 0.15) is 26.0 Å². The van der Waals surface area contributed by atoms with Gasteiger partial charge in [0.15, 0.2) is 17.7 Å². The molecule has 0 fully saturated rings. The lowest BCUT2D eigenvalue weighted by atomic mass is 10.1. The van der Waals surface area contributed by atoms with Crippen molar-refractivity contribution in [1.29, 1.82) is 0 Å². The molecule has 0 radical (unpaired) electrons. The zero-order chi connectivity index (χ0) is 20.0. The molecular weight excluding hydrogens is 377 g/mol. The zero-order valence-electron chi connectivity index (χ0n) is 15.2. The maximum absolute atomic E-state index is 11.6. The minimum absolute atomic E-state index is 0.207. The summed E-state index contributed by atoms with van der Waals surface area (Å²) in [6, 6.07) is 0. The number of aromatic nitrogens is 4. The van der Waals surface area contributed by atoms with Crippen LogP contribution in [-0.4, -0.2) is 55.9 Å². The highest BCUT2D eigenvalue weighted by atomic mass is 31.2. The molecule has 27 heavy (non-hydrogen) atoms. The summed E-state index contributed by atoms with van der Waals surface area (Å²) in [6.07, 6.45) is 2.30. The van der Waals surface area contributed by atoms with Crippen molar-refractivity contribution in [3.05, 3.63) is 24.8 Å². The predicted molar refractivity (Wildman–Crippen MR) is 97.6 cm³/mol. The summed E-state index contributed by atoms with van der Waals surface area (Å²) < 4.78 is 28.3. The number of anilines is 1. The van der Waals surface area contributed by atoms with Crippen LogP contribution in [0, 0.1) is 0 Å². The van der Waals surface area contributed by atoms with E-state index in [4.69, 9.17) is 15.0 Å². The van der Waals surface area contributed by atoms with Gasteiger partial charge in [-0.05, 0) is 19.8 Å². The van der Waals surface area contributed by atoms with Crippen LogP contribution in [0.15, 0.2) is 24.8 Å². The van der Waals surface area contributed by atoms with Gasteiger partial charge in [0.2, 0.25) is 0 Å². The van der Waals surface area contributed by atoms with Crippen LogP contribution in [0.25, 0.3) is 11.2 Å². The van der Waals surface area contributed by atoms with Gasteiger partial charge in [0.1, 0.15) is 11.8 Å². The van der Waals surface area contributed by atoms with E-state index >= 15 is 0 Å². The predicted octanol–water partition coefficient (Wildman–Crippen LogP) is 1.40. The Morgan fingerprint density at radius 2 is 2.19 bits per heavy atom. The molecular formula is C15H24N5O6P. The minimum Gasteiger partial charge on any atom is -0.392 e. The second-order valence-corrected chi connectivity index (χ2v) is 7.48. The first-order valence-corrected chi connectivity index (χ1v) is 9.63. The van der Waals surface area contributed by atoms with Gasteiger partial charge in [0, 0.05) is 7.11 Å². The molecule has 0 amide bonds. The molecule has 0 aromatic carbocycles. The topological polar surface area (TPSA) is 155 Å². The zero-order valence-corrected chi connectivity index (χ0v) is 16.1. The first-order valence-electron chi connectivity index (χ1n) is 8.14. The largest absolute Gasteiger partial charge is 0.472 e. The number of aliphatic hydroxyl groups excluding tert-OH is 1. The van der Waals surface area contributed by atoms with E-state index in [1.807, 2.05) is 6.92 Å². The molecule has 2 rings (SSSR count). The fourth-order valence-corrected chi connectivity index (χ4v) is 2.79. The summed E-state index contributed by atoms with van der Waals surface area (Å²) in [5.74, 6) is 0.207. The van der Waals surface area contributed by atoms with Crippen molar-refractivity contribution in [3.63, 3.8) is 0 Å². The van der Waals surface area contributed by atoms with Crippen LogP contribution >= 0.6 is 7.82 Å². The Kier molecular flexibility index (Phi) is 7.42. The highest BCUT2D eigenvalue weighted by Gasteiger charge is 2.25. The Morgan fingerprint density at radius 3 is 2.81 bits per heavy atom. The molecule has 0 saturated heterocycles. The molecule has 0 aliphatic carbocycles. The summed E-state index contributed by atoms with van der Waals surface area (Å²) in [5.41, 5.74) is 7.46. The van der Waals surface area contributed by atoms with Gasteiger partial charge in [-0.1, -0.05) is 5.57 Å². The summed E-state index contributed by atoms with van der Waals surface area (Å²) in [7, 11) is -3.08. The lowest BCUT2D eigenvalue weighted by Crippen LogP contribution is -2.27. The van der Waals surface area contributed by atoms with Gasteiger partial charge in [0.25, 0.3) is 0 Å². The van der Waals surface area contributed by atoms with E-state index < -0.39 is 20.2 Å². The highest BCUT2D eigenvalue weighted by Crippen LogP contribution is 2.42. The highest BCUT2D eigenvalue weighted by molar-refractivity contribution is 7.47. The third kappa shape index (κ3) is 5.80. The number of hydrogen-bond acceptors (Lipinski definition) is 9. The SMILES string of the molecule is C=C(C)CC[C@H](COP(=O)(O)OC)O[C@H](CO)n1cnc2c(N)ncnc21. The molecule has 3 atom stereocenters. The van der Waals surface area contributed by atoms with Crippen molar-refractivity contribution in [1.82, 2.24) is 19.5 Å². The van der Waals surface area contributed by atoms with Crippen molar-refractivity contribution in [3.8, 4) is 0 Å². The van der Waals surface area contributed by atoms with Crippen LogP contribution in [0.2, 0.25) is 0 Å². The maximum Gasteiger partial charge on any atom is 0.472 e. The standard InChI is InChI=1S/C15H24N5O6P/c1-10(2)4-5-11(7-25-27(22,23)24-3)26-12(6-21)20-9-19-13-14(16)17-8-18-15(13)20/h8-9,11-12,21H,1,4-7H2,2-3H3,(H,22,23)(H2,16,17,18)/t11-,12-/m1/s1. The van der Waals surface area contributed by atoms with Crippen LogP contribution in [-0.2, 0) is 18.3 Å². The van der Waals surface area contributed by atoms with Gasteiger partial charge in [-0.2, -0.15) is 0 Å². The molecule has 12 heteroatoms. The fourth-order valence-electron chi connectivity index (χ4n) is 2.33. The number of hydrogen-bond donors (Lipinski definition) is 3. The first kappa shape index (κ1) is 21.4. The Bertz CT molecular complexity index is 828. The number of aliphatic hydroxyl groups is 1. The van der Waals surface area contributed by atoms with Crippen LogP contribution in [0.3, 0.4) is 0 Å². The lowest BCUT2D eigenvalue weighted by Gasteiger charge is -2.25. The van der Waals surface area contributed by atoms with Gasteiger partial charge in [0.05, 0.1) is 25.6 Å². The summed E-state index contributed by atoms with van der Waals surface area (Å²) in [5, 5.41) is 9.79. The molecule has 1 unspecified atom stereocenters.